The van der Waals surface area contributed by atoms with Crippen molar-refractivity contribution < 1.29 is 4.74 Å². The Balaban J connectivity index is 1.94. The Morgan fingerprint density at radius 3 is 2.65 bits per heavy atom. The van der Waals surface area contributed by atoms with E-state index in [0.717, 1.165) is 35.3 Å². The molecule has 102 valence electrons. The van der Waals surface area contributed by atoms with Gasteiger partial charge in [0.25, 0.3) is 0 Å². The first-order chi connectivity index (χ1) is 9.78. The summed E-state index contributed by atoms with van der Waals surface area (Å²) in [5.41, 5.74) is 0.713. The van der Waals surface area contributed by atoms with E-state index in [-0.39, 0.29) is 0 Å². The maximum atomic E-state index is 9.19. The molecule has 1 saturated carbocycles. The highest BCUT2D eigenvalue weighted by molar-refractivity contribution is 5.92. The number of fused-ring (bicyclic) bond motifs is 1. The molecule has 0 radical (unpaired) electrons. The Labute approximate surface area is 120 Å². The Morgan fingerprint density at radius 1 is 1.10 bits per heavy atom. The minimum Gasteiger partial charge on any atom is -0.490 e. The summed E-state index contributed by atoms with van der Waals surface area (Å²) < 4.78 is 6.23. The van der Waals surface area contributed by atoms with E-state index in [0.29, 0.717) is 11.7 Å². The lowest BCUT2D eigenvalue weighted by Gasteiger charge is -2.28. The summed E-state index contributed by atoms with van der Waals surface area (Å²) in [5.74, 6) is 1.66. The van der Waals surface area contributed by atoms with Gasteiger partial charge >= 0.3 is 0 Å². The van der Waals surface area contributed by atoms with Gasteiger partial charge in [0.05, 0.1) is 17.7 Å². The van der Waals surface area contributed by atoms with Crippen molar-refractivity contribution in [3.63, 3.8) is 0 Å². The molecule has 1 fully saturated rings. The van der Waals surface area contributed by atoms with Crippen LogP contribution >= 0.6 is 0 Å². The summed E-state index contributed by atoms with van der Waals surface area (Å²) in [5, 5.41) is 11.2. The van der Waals surface area contributed by atoms with Gasteiger partial charge in [-0.15, -0.1) is 0 Å². The lowest BCUT2D eigenvalue weighted by atomic mass is 9.88. The van der Waals surface area contributed by atoms with Crippen LogP contribution in [0.2, 0.25) is 0 Å². The predicted octanol–water partition coefficient (Wildman–Crippen LogP) is 4.67. The van der Waals surface area contributed by atoms with Gasteiger partial charge < -0.3 is 4.74 Å². The Morgan fingerprint density at radius 2 is 1.90 bits per heavy atom. The van der Waals surface area contributed by atoms with E-state index >= 15 is 0 Å². The molecule has 0 aromatic heterocycles. The van der Waals surface area contributed by atoms with Crippen molar-refractivity contribution in [1.82, 2.24) is 0 Å². The maximum Gasteiger partial charge on any atom is 0.127 e. The summed E-state index contributed by atoms with van der Waals surface area (Å²) in [6.07, 6.45) is 5.15. The van der Waals surface area contributed by atoms with Crippen molar-refractivity contribution in [1.29, 1.82) is 5.26 Å². The number of ether oxygens (including phenoxy) is 1. The van der Waals surface area contributed by atoms with Gasteiger partial charge in [-0.3, -0.25) is 0 Å². The van der Waals surface area contributed by atoms with Crippen LogP contribution in [0.4, 0.5) is 0 Å². The Bertz CT molecular complexity index is 656. The van der Waals surface area contributed by atoms with Crippen LogP contribution in [0.1, 0.15) is 38.2 Å². The third-order valence-electron chi connectivity index (χ3n) is 4.19. The summed E-state index contributed by atoms with van der Waals surface area (Å²) in [4.78, 5) is 0. The summed E-state index contributed by atoms with van der Waals surface area (Å²) >= 11 is 0. The van der Waals surface area contributed by atoms with E-state index in [1.807, 2.05) is 36.4 Å². The molecule has 0 amide bonds. The number of benzene rings is 2. The average molecular weight is 265 g/mol. The highest BCUT2D eigenvalue weighted by Gasteiger charge is 2.21. The van der Waals surface area contributed by atoms with E-state index in [1.54, 1.807) is 0 Å². The smallest absolute Gasteiger partial charge is 0.127 e. The molecule has 0 N–H and O–H groups in total. The van der Waals surface area contributed by atoms with Gasteiger partial charge in [-0.2, -0.15) is 5.26 Å². The number of nitriles is 1. The van der Waals surface area contributed by atoms with Gasteiger partial charge in [-0.1, -0.05) is 37.6 Å². The van der Waals surface area contributed by atoms with Crippen LogP contribution in [0, 0.1) is 17.2 Å². The molecule has 20 heavy (non-hydrogen) atoms. The molecular formula is C18H19NO. The quantitative estimate of drug-likeness (QED) is 0.790. The molecule has 2 atom stereocenters. The lowest BCUT2D eigenvalue weighted by molar-refractivity contribution is 0.131. The fourth-order valence-electron chi connectivity index (χ4n) is 3.14. The van der Waals surface area contributed by atoms with Crippen LogP contribution in [0.15, 0.2) is 36.4 Å². The molecule has 0 aliphatic heterocycles. The zero-order valence-corrected chi connectivity index (χ0v) is 11.8. The van der Waals surface area contributed by atoms with Crippen LogP contribution in [0.5, 0.6) is 5.75 Å². The van der Waals surface area contributed by atoms with Crippen molar-refractivity contribution in [2.75, 3.05) is 0 Å². The van der Waals surface area contributed by atoms with E-state index in [1.165, 1.54) is 12.8 Å². The van der Waals surface area contributed by atoms with Gasteiger partial charge in [0.15, 0.2) is 0 Å². The molecular weight excluding hydrogens is 246 g/mol. The van der Waals surface area contributed by atoms with E-state index in [2.05, 4.69) is 13.0 Å². The second kappa shape index (κ2) is 5.54. The molecule has 1 aliphatic rings. The summed E-state index contributed by atoms with van der Waals surface area (Å²) in [6.45, 7) is 2.30. The zero-order valence-electron chi connectivity index (χ0n) is 11.8. The van der Waals surface area contributed by atoms with Gasteiger partial charge in [0.1, 0.15) is 5.75 Å². The van der Waals surface area contributed by atoms with Gasteiger partial charge in [0.2, 0.25) is 0 Å². The third kappa shape index (κ3) is 2.49. The highest BCUT2D eigenvalue weighted by atomic mass is 16.5. The maximum absolute atomic E-state index is 9.19. The average Bonchev–Trinajstić information content (AvgIpc) is 2.48. The zero-order chi connectivity index (χ0) is 13.9. The van der Waals surface area contributed by atoms with Crippen LogP contribution in [-0.2, 0) is 0 Å². The summed E-state index contributed by atoms with van der Waals surface area (Å²) in [6, 6.07) is 14.1. The van der Waals surface area contributed by atoms with E-state index in [4.69, 9.17) is 4.74 Å². The highest BCUT2D eigenvalue weighted by Crippen LogP contribution is 2.32. The van der Waals surface area contributed by atoms with Crippen LogP contribution < -0.4 is 4.74 Å². The van der Waals surface area contributed by atoms with E-state index in [9.17, 15) is 5.26 Å². The number of nitrogens with zero attached hydrogens (tertiary/aromatic N) is 1. The van der Waals surface area contributed by atoms with Crippen molar-refractivity contribution in [3.05, 3.63) is 42.0 Å². The monoisotopic (exact) mass is 265 g/mol. The molecule has 0 heterocycles. The topological polar surface area (TPSA) is 33.0 Å². The first-order valence-corrected chi connectivity index (χ1v) is 7.36. The minimum absolute atomic E-state index is 0.315. The first-order valence-electron chi connectivity index (χ1n) is 7.36. The van der Waals surface area contributed by atoms with E-state index < -0.39 is 0 Å². The van der Waals surface area contributed by atoms with Crippen LogP contribution in [0.25, 0.3) is 10.8 Å². The second-order valence-electron chi connectivity index (χ2n) is 5.78. The molecule has 0 spiro atoms. The number of hydrogen-bond donors (Lipinski definition) is 0. The van der Waals surface area contributed by atoms with Crippen molar-refractivity contribution >= 4 is 10.8 Å². The molecule has 2 aromatic carbocycles. The summed E-state index contributed by atoms with van der Waals surface area (Å²) in [7, 11) is 0. The fourth-order valence-corrected chi connectivity index (χ4v) is 3.14. The molecule has 1 aliphatic carbocycles. The molecule has 2 unspecified atom stereocenters. The fraction of sp³-hybridized carbons (Fsp3) is 0.389. The Kier molecular flexibility index (Phi) is 3.60. The first kappa shape index (κ1) is 13.0. The molecule has 3 rings (SSSR count). The van der Waals surface area contributed by atoms with Crippen LogP contribution in [-0.4, -0.2) is 6.10 Å². The van der Waals surface area contributed by atoms with Gasteiger partial charge in [-0.05, 0) is 37.3 Å². The van der Waals surface area contributed by atoms with Crippen molar-refractivity contribution in [2.45, 2.75) is 38.7 Å². The molecule has 2 aromatic rings. The number of hydrogen-bond acceptors (Lipinski definition) is 2. The predicted molar refractivity (Wildman–Crippen MR) is 80.7 cm³/mol. The van der Waals surface area contributed by atoms with Crippen LogP contribution in [0.3, 0.4) is 0 Å². The Hall–Kier alpha value is -2.01. The molecule has 2 heteroatoms. The van der Waals surface area contributed by atoms with Gasteiger partial charge in [0, 0.05) is 10.8 Å². The second-order valence-corrected chi connectivity index (χ2v) is 5.78. The number of rotatable bonds is 2. The third-order valence-corrected chi connectivity index (χ3v) is 4.19. The van der Waals surface area contributed by atoms with Crippen molar-refractivity contribution in [3.8, 4) is 11.8 Å². The van der Waals surface area contributed by atoms with Gasteiger partial charge in [-0.25, -0.2) is 0 Å². The van der Waals surface area contributed by atoms with Crippen molar-refractivity contribution in [2.24, 2.45) is 5.92 Å². The SMILES string of the molecule is CC1CCCC(Oc2ccc(C#N)c3ccccc23)C1. The largest absolute Gasteiger partial charge is 0.490 e. The minimum atomic E-state index is 0.315. The normalized spacial score (nSPS) is 22.4. The molecule has 0 bridgehead atoms. The lowest BCUT2D eigenvalue weighted by Crippen LogP contribution is -2.24. The standard InChI is InChI=1S/C18H19NO/c1-13-5-4-6-15(11-13)20-18-10-9-14(12-19)16-7-2-3-8-17(16)18/h2-3,7-10,13,15H,4-6,11H2,1H3. The molecule has 0 saturated heterocycles. The molecule has 2 nitrogen and oxygen atoms in total.